The highest BCUT2D eigenvalue weighted by molar-refractivity contribution is 5.73. The van der Waals surface area contributed by atoms with E-state index in [0.717, 1.165) is 12.8 Å². The summed E-state index contributed by atoms with van der Waals surface area (Å²) in [5.74, 6) is -0.889. The summed E-state index contributed by atoms with van der Waals surface area (Å²) in [7, 11) is 0. The van der Waals surface area contributed by atoms with E-state index in [2.05, 4.69) is 11.7 Å². The Hall–Kier alpha value is -1.10. The van der Waals surface area contributed by atoms with Crippen LogP contribution in [0, 0.1) is 0 Å². The van der Waals surface area contributed by atoms with Crippen LogP contribution in [0.2, 0.25) is 0 Å². The van der Waals surface area contributed by atoms with Gasteiger partial charge in [-0.05, 0) is 13.3 Å². The molecule has 0 aromatic rings. The molecule has 0 rings (SSSR count). The van der Waals surface area contributed by atoms with Gasteiger partial charge < -0.3 is 14.2 Å². The summed E-state index contributed by atoms with van der Waals surface area (Å²) in [4.78, 5) is 22.3. The Morgan fingerprint density at radius 2 is 1.13 bits per heavy atom. The maximum atomic E-state index is 11.3. The molecule has 0 bridgehead atoms. The maximum absolute atomic E-state index is 11.3. The van der Waals surface area contributed by atoms with Crippen molar-refractivity contribution < 1.29 is 23.8 Å². The first-order valence-corrected chi connectivity index (χ1v) is 9.09. The van der Waals surface area contributed by atoms with Crippen LogP contribution in [-0.4, -0.2) is 38.4 Å². The molecule has 0 spiro atoms. The average Bonchev–Trinajstić information content (AvgIpc) is 2.53. The van der Waals surface area contributed by atoms with E-state index in [1.807, 2.05) is 0 Å². The van der Waals surface area contributed by atoms with Crippen LogP contribution in [0.1, 0.15) is 78.1 Å². The van der Waals surface area contributed by atoms with Crippen LogP contribution in [0.15, 0.2) is 0 Å². The van der Waals surface area contributed by atoms with E-state index in [-0.39, 0.29) is 13.2 Å². The monoisotopic (exact) mass is 330 g/mol. The van der Waals surface area contributed by atoms with Gasteiger partial charge in [0.15, 0.2) is 0 Å². The molecule has 0 aromatic heterocycles. The SMILES string of the molecule is CCCCCCCCCCCCOC(=O)COCC(=O)OCC. The second-order valence-corrected chi connectivity index (χ2v) is 5.70. The van der Waals surface area contributed by atoms with Crippen molar-refractivity contribution in [2.45, 2.75) is 78.1 Å². The topological polar surface area (TPSA) is 61.8 Å². The van der Waals surface area contributed by atoms with Crippen LogP contribution in [0.5, 0.6) is 0 Å². The summed E-state index contributed by atoms with van der Waals surface area (Å²) in [6.07, 6.45) is 12.5. The third-order valence-corrected chi connectivity index (χ3v) is 3.51. The first-order chi connectivity index (χ1) is 11.2. The van der Waals surface area contributed by atoms with E-state index in [4.69, 9.17) is 9.47 Å². The van der Waals surface area contributed by atoms with Crippen LogP contribution < -0.4 is 0 Å². The van der Waals surface area contributed by atoms with Crippen LogP contribution in [0.25, 0.3) is 0 Å². The minimum absolute atomic E-state index is 0.198. The van der Waals surface area contributed by atoms with E-state index in [9.17, 15) is 9.59 Å². The van der Waals surface area contributed by atoms with Crippen molar-refractivity contribution in [3.05, 3.63) is 0 Å². The highest BCUT2D eigenvalue weighted by Crippen LogP contribution is 2.10. The number of hydrogen-bond acceptors (Lipinski definition) is 5. The highest BCUT2D eigenvalue weighted by atomic mass is 16.6. The lowest BCUT2D eigenvalue weighted by Crippen LogP contribution is -2.18. The summed E-state index contributed by atoms with van der Waals surface area (Å²) in [6, 6.07) is 0. The van der Waals surface area contributed by atoms with Gasteiger partial charge in [0.25, 0.3) is 0 Å². The Bertz CT molecular complexity index is 291. The molecule has 0 aliphatic heterocycles. The molecule has 0 N–H and O–H groups in total. The highest BCUT2D eigenvalue weighted by Gasteiger charge is 2.06. The fourth-order valence-corrected chi connectivity index (χ4v) is 2.24. The van der Waals surface area contributed by atoms with Gasteiger partial charge in [-0.15, -0.1) is 0 Å². The summed E-state index contributed by atoms with van der Waals surface area (Å²) >= 11 is 0. The Labute approximate surface area is 141 Å². The third kappa shape index (κ3) is 17.1. The van der Waals surface area contributed by atoms with Gasteiger partial charge in [0.05, 0.1) is 13.2 Å². The molecule has 5 heteroatoms. The van der Waals surface area contributed by atoms with Crippen molar-refractivity contribution in [1.82, 2.24) is 0 Å². The van der Waals surface area contributed by atoms with Gasteiger partial charge in [-0.2, -0.15) is 0 Å². The van der Waals surface area contributed by atoms with E-state index >= 15 is 0 Å². The normalized spacial score (nSPS) is 10.5. The number of unbranched alkanes of at least 4 members (excludes halogenated alkanes) is 9. The Morgan fingerprint density at radius 1 is 0.652 bits per heavy atom. The van der Waals surface area contributed by atoms with E-state index in [1.54, 1.807) is 6.92 Å². The molecule has 0 fully saturated rings. The summed E-state index contributed by atoms with van der Waals surface area (Å²) in [6.45, 7) is 4.29. The summed E-state index contributed by atoms with van der Waals surface area (Å²) < 4.78 is 14.6. The number of esters is 2. The lowest BCUT2D eigenvalue weighted by Gasteiger charge is -2.06. The third-order valence-electron chi connectivity index (χ3n) is 3.51. The zero-order valence-corrected chi connectivity index (χ0v) is 14.9. The predicted octanol–water partition coefficient (Wildman–Crippen LogP) is 4.03. The van der Waals surface area contributed by atoms with E-state index in [1.165, 1.54) is 51.4 Å². The Morgan fingerprint density at radius 3 is 1.65 bits per heavy atom. The maximum Gasteiger partial charge on any atom is 0.332 e. The predicted molar refractivity (Wildman–Crippen MR) is 90.3 cm³/mol. The molecule has 0 atom stereocenters. The van der Waals surface area contributed by atoms with Crippen LogP contribution in [-0.2, 0) is 23.8 Å². The smallest absolute Gasteiger partial charge is 0.332 e. The lowest BCUT2D eigenvalue weighted by atomic mass is 10.1. The molecule has 0 aliphatic carbocycles. The molecule has 0 saturated heterocycles. The molecular weight excluding hydrogens is 296 g/mol. The zero-order valence-electron chi connectivity index (χ0n) is 14.9. The first-order valence-electron chi connectivity index (χ1n) is 9.09. The van der Waals surface area contributed by atoms with Crippen LogP contribution >= 0.6 is 0 Å². The quantitative estimate of drug-likeness (QED) is 0.316. The molecule has 0 aromatic carbocycles. The number of rotatable bonds is 16. The molecule has 0 amide bonds. The van der Waals surface area contributed by atoms with Crippen molar-refractivity contribution in [3.63, 3.8) is 0 Å². The number of carbonyl (C=O) groups excluding carboxylic acids is 2. The number of hydrogen-bond donors (Lipinski definition) is 0. The number of ether oxygens (including phenoxy) is 3. The largest absolute Gasteiger partial charge is 0.464 e. The first kappa shape index (κ1) is 21.9. The number of carbonyl (C=O) groups is 2. The minimum Gasteiger partial charge on any atom is -0.464 e. The molecule has 0 heterocycles. The van der Waals surface area contributed by atoms with Crippen molar-refractivity contribution in [3.8, 4) is 0 Å². The van der Waals surface area contributed by atoms with Crippen molar-refractivity contribution in [2.75, 3.05) is 26.4 Å². The molecular formula is C18H34O5. The van der Waals surface area contributed by atoms with Crippen molar-refractivity contribution in [1.29, 1.82) is 0 Å². The Kier molecular flexibility index (Phi) is 16.4. The van der Waals surface area contributed by atoms with Crippen LogP contribution in [0.4, 0.5) is 0 Å². The van der Waals surface area contributed by atoms with Crippen LogP contribution in [0.3, 0.4) is 0 Å². The van der Waals surface area contributed by atoms with Crippen molar-refractivity contribution >= 4 is 11.9 Å². The second-order valence-electron chi connectivity index (χ2n) is 5.70. The molecule has 136 valence electrons. The molecule has 0 saturated carbocycles. The fraction of sp³-hybridized carbons (Fsp3) is 0.889. The zero-order chi connectivity index (χ0) is 17.2. The molecule has 0 unspecified atom stereocenters. The van der Waals surface area contributed by atoms with Gasteiger partial charge in [-0.25, -0.2) is 9.59 Å². The van der Waals surface area contributed by atoms with Gasteiger partial charge in [0.1, 0.15) is 13.2 Å². The molecule has 0 aliphatic rings. The molecule has 0 radical (unpaired) electrons. The van der Waals surface area contributed by atoms with E-state index in [0.29, 0.717) is 13.2 Å². The molecule has 23 heavy (non-hydrogen) atoms. The second kappa shape index (κ2) is 17.3. The van der Waals surface area contributed by atoms with Gasteiger partial charge in [-0.3, -0.25) is 0 Å². The fourth-order valence-electron chi connectivity index (χ4n) is 2.24. The van der Waals surface area contributed by atoms with E-state index < -0.39 is 11.9 Å². The van der Waals surface area contributed by atoms with Crippen molar-refractivity contribution in [2.24, 2.45) is 0 Å². The standard InChI is InChI=1S/C18H34O5/c1-3-5-6-7-8-9-10-11-12-13-14-23-18(20)16-21-15-17(19)22-4-2/h3-16H2,1-2H3. The summed E-state index contributed by atoms with van der Waals surface area (Å²) in [5, 5.41) is 0. The van der Waals surface area contributed by atoms with Gasteiger partial charge in [0, 0.05) is 0 Å². The van der Waals surface area contributed by atoms with Gasteiger partial charge >= 0.3 is 11.9 Å². The lowest BCUT2D eigenvalue weighted by molar-refractivity contribution is -0.155. The minimum atomic E-state index is -0.463. The average molecular weight is 330 g/mol. The Balaban J connectivity index is 3.22. The van der Waals surface area contributed by atoms with Gasteiger partial charge in [-0.1, -0.05) is 64.7 Å². The molecule has 5 nitrogen and oxygen atoms in total. The summed E-state index contributed by atoms with van der Waals surface area (Å²) in [5.41, 5.74) is 0. The van der Waals surface area contributed by atoms with Gasteiger partial charge in [0.2, 0.25) is 0 Å².